The number of hydrogen-bond donors (Lipinski definition) is 0. The van der Waals surface area contributed by atoms with Crippen molar-refractivity contribution in [2.45, 2.75) is 27.7 Å². The highest BCUT2D eigenvalue weighted by Crippen LogP contribution is 2.49. The van der Waals surface area contributed by atoms with Crippen molar-refractivity contribution < 1.29 is 0 Å². The SMILES string of the molecule is Cc1cccc(C)c1N(c1cccc(-c2ccccc2)c1)c1ccc2ccc3c(N(c4cccc(-c5ccccc5)c4)c4c(C)cccc4C)ccc4ccc1c2c43. The monoisotopic (exact) mass is 744 g/mol. The molecule has 0 bridgehead atoms. The largest absolute Gasteiger partial charge is 0.309 e. The Kier molecular flexibility index (Phi) is 8.76. The molecule has 2 nitrogen and oxygen atoms in total. The molecule has 0 radical (unpaired) electrons. The maximum atomic E-state index is 2.49. The van der Waals surface area contributed by atoms with E-state index in [1.165, 1.54) is 88.2 Å². The van der Waals surface area contributed by atoms with Crippen LogP contribution in [0.2, 0.25) is 0 Å². The minimum Gasteiger partial charge on any atom is -0.309 e. The van der Waals surface area contributed by atoms with Gasteiger partial charge in [0.2, 0.25) is 0 Å². The summed E-state index contributed by atoms with van der Waals surface area (Å²) in [5, 5.41) is 7.49. The minimum absolute atomic E-state index is 1.13. The highest BCUT2D eigenvalue weighted by molar-refractivity contribution is 6.28. The van der Waals surface area contributed by atoms with Crippen molar-refractivity contribution in [3.8, 4) is 22.3 Å². The van der Waals surface area contributed by atoms with Crippen molar-refractivity contribution in [3.63, 3.8) is 0 Å². The number of anilines is 6. The van der Waals surface area contributed by atoms with E-state index < -0.39 is 0 Å². The van der Waals surface area contributed by atoms with Crippen LogP contribution in [0.3, 0.4) is 0 Å². The number of para-hydroxylation sites is 2. The molecule has 0 aliphatic rings. The second-order valence-corrected chi connectivity index (χ2v) is 15.6. The Morgan fingerprint density at radius 2 is 0.638 bits per heavy atom. The Labute approximate surface area is 341 Å². The first-order valence-corrected chi connectivity index (χ1v) is 20.2. The summed E-state index contributed by atoms with van der Waals surface area (Å²) < 4.78 is 0. The minimum atomic E-state index is 1.13. The fourth-order valence-corrected chi connectivity index (χ4v) is 9.16. The molecule has 0 spiro atoms. The van der Waals surface area contributed by atoms with Gasteiger partial charge in [0.15, 0.2) is 0 Å². The van der Waals surface area contributed by atoms with E-state index in [4.69, 9.17) is 0 Å². The number of rotatable bonds is 8. The van der Waals surface area contributed by atoms with E-state index in [1.54, 1.807) is 0 Å². The maximum Gasteiger partial charge on any atom is 0.0540 e. The Morgan fingerprint density at radius 3 is 1.03 bits per heavy atom. The second-order valence-electron chi connectivity index (χ2n) is 15.6. The summed E-state index contributed by atoms with van der Waals surface area (Å²) >= 11 is 0. The van der Waals surface area contributed by atoms with Crippen molar-refractivity contribution in [3.05, 3.63) is 216 Å². The Balaban J connectivity index is 1.23. The molecule has 2 heteroatoms. The maximum absolute atomic E-state index is 2.49. The predicted molar refractivity (Wildman–Crippen MR) is 249 cm³/mol. The third-order valence-electron chi connectivity index (χ3n) is 11.8. The van der Waals surface area contributed by atoms with Crippen LogP contribution >= 0.6 is 0 Å². The van der Waals surface area contributed by atoms with Gasteiger partial charge >= 0.3 is 0 Å². The molecule has 0 amide bonds. The van der Waals surface area contributed by atoms with E-state index in [0.29, 0.717) is 0 Å². The summed E-state index contributed by atoms with van der Waals surface area (Å²) in [6.45, 7) is 8.92. The van der Waals surface area contributed by atoms with E-state index in [-0.39, 0.29) is 0 Å². The molecule has 0 N–H and O–H groups in total. The van der Waals surface area contributed by atoms with Crippen molar-refractivity contribution in [2.75, 3.05) is 9.80 Å². The summed E-state index contributed by atoms with van der Waals surface area (Å²) in [5.74, 6) is 0. The molecule has 278 valence electrons. The van der Waals surface area contributed by atoms with Gasteiger partial charge in [-0.2, -0.15) is 0 Å². The summed E-state index contributed by atoms with van der Waals surface area (Å²) in [5.41, 5.74) is 16.8. The molecule has 0 aliphatic heterocycles. The Morgan fingerprint density at radius 1 is 0.293 bits per heavy atom. The summed E-state index contributed by atoms with van der Waals surface area (Å²) in [6.07, 6.45) is 0. The van der Waals surface area contributed by atoms with Gasteiger partial charge in [0.1, 0.15) is 0 Å². The van der Waals surface area contributed by atoms with E-state index in [1.807, 2.05) is 0 Å². The van der Waals surface area contributed by atoms with Gasteiger partial charge in [-0.05, 0) is 130 Å². The van der Waals surface area contributed by atoms with E-state index >= 15 is 0 Å². The molecular formula is C56H44N2. The van der Waals surface area contributed by atoms with Gasteiger partial charge in [0, 0.05) is 22.1 Å². The van der Waals surface area contributed by atoms with Gasteiger partial charge in [-0.25, -0.2) is 0 Å². The van der Waals surface area contributed by atoms with Crippen molar-refractivity contribution in [1.82, 2.24) is 0 Å². The molecule has 10 aromatic rings. The van der Waals surface area contributed by atoms with Gasteiger partial charge in [0.25, 0.3) is 0 Å². The standard InChI is InChI=1S/C56H44N2/c1-37-15-11-16-38(2)55(37)57(47-25-13-23-45(35-47)41-19-7-5-8-20-41)51-33-29-43-28-32-50-52(34-30-44-27-31-49(51)53(43)54(44)50)58(56-39(3)17-12-18-40(56)4)48-26-14-24-46(36-48)42-21-9-6-10-22-42/h5-36H,1-4H3. The third-order valence-corrected chi connectivity index (χ3v) is 11.8. The molecule has 0 heterocycles. The number of hydrogen-bond acceptors (Lipinski definition) is 2. The van der Waals surface area contributed by atoms with E-state index in [9.17, 15) is 0 Å². The number of nitrogens with zero attached hydrogens (tertiary/aromatic N) is 2. The molecule has 0 fully saturated rings. The lowest BCUT2D eigenvalue weighted by Gasteiger charge is -2.32. The molecular weight excluding hydrogens is 701 g/mol. The first-order valence-electron chi connectivity index (χ1n) is 20.2. The normalized spacial score (nSPS) is 11.4. The molecule has 0 aliphatic carbocycles. The van der Waals surface area contributed by atoms with Crippen LogP contribution in [0.4, 0.5) is 34.1 Å². The molecule has 58 heavy (non-hydrogen) atoms. The number of benzene rings is 10. The van der Waals surface area contributed by atoms with Crippen LogP contribution in [0.25, 0.3) is 54.6 Å². The third kappa shape index (κ3) is 5.97. The van der Waals surface area contributed by atoms with Crippen LogP contribution in [0, 0.1) is 27.7 Å². The van der Waals surface area contributed by atoms with Crippen molar-refractivity contribution >= 4 is 66.4 Å². The summed E-state index contributed by atoms with van der Waals surface area (Å²) in [4.78, 5) is 4.98. The first kappa shape index (κ1) is 35.3. The van der Waals surface area contributed by atoms with Gasteiger partial charge in [-0.15, -0.1) is 0 Å². The highest BCUT2D eigenvalue weighted by Gasteiger charge is 2.24. The highest BCUT2D eigenvalue weighted by atomic mass is 15.2. The zero-order valence-corrected chi connectivity index (χ0v) is 33.4. The lowest BCUT2D eigenvalue weighted by molar-refractivity contribution is 1.23. The van der Waals surface area contributed by atoms with Crippen LogP contribution in [0.1, 0.15) is 22.3 Å². The smallest absolute Gasteiger partial charge is 0.0540 e. The van der Waals surface area contributed by atoms with Crippen molar-refractivity contribution in [1.29, 1.82) is 0 Å². The van der Waals surface area contributed by atoms with Gasteiger partial charge in [-0.1, -0.05) is 158 Å². The molecule has 0 saturated heterocycles. The second kappa shape index (κ2) is 14.4. The lowest BCUT2D eigenvalue weighted by atomic mass is 9.91. The lowest BCUT2D eigenvalue weighted by Crippen LogP contribution is -2.14. The van der Waals surface area contributed by atoms with Crippen molar-refractivity contribution in [2.24, 2.45) is 0 Å². The predicted octanol–water partition coefficient (Wildman–Crippen LogP) is 16.1. The quantitative estimate of drug-likeness (QED) is 0.143. The molecule has 10 aromatic carbocycles. The zero-order chi connectivity index (χ0) is 39.3. The van der Waals surface area contributed by atoms with Crippen LogP contribution in [-0.4, -0.2) is 0 Å². The molecule has 10 rings (SSSR count). The fourth-order valence-electron chi connectivity index (χ4n) is 9.16. The zero-order valence-electron chi connectivity index (χ0n) is 33.4. The van der Waals surface area contributed by atoms with Gasteiger partial charge in [0.05, 0.1) is 22.7 Å². The van der Waals surface area contributed by atoms with Crippen LogP contribution in [0.5, 0.6) is 0 Å². The molecule has 0 unspecified atom stereocenters. The summed E-state index contributed by atoms with van der Waals surface area (Å²) in [7, 11) is 0. The first-order chi connectivity index (χ1) is 28.4. The average molecular weight is 745 g/mol. The number of aryl methyl sites for hydroxylation is 4. The molecule has 0 aromatic heterocycles. The Bertz CT molecular complexity index is 2860. The van der Waals surface area contributed by atoms with E-state index in [2.05, 4.69) is 232 Å². The van der Waals surface area contributed by atoms with E-state index in [0.717, 1.165) is 22.7 Å². The Hall–Kier alpha value is -7.16. The summed E-state index contributed by atoms with van der Waals surface area (Å²) in [6, 6.07) is 71.2. The van der Waals surface area contributed by atoms with Crippen LogP contribution in [0.15, 0.2) is 194 Å². The molecule has 0 saturated carbocycles. The van der Waals surface area contributed by atoms with Gasteiger partial charge in [-0.3, -0.25) is 0 Å². The van der Waals surface area contributed by atoms with Gasteiger partial charge < -0.3 is 9.80 Å². The molecule has 0 atom stereocenters. The topological polar surface area (TPSA) is 6.48 Å². The average Bonchev–Trinajstić information content (AvgIpc) is 3.26. The van der Waals surface area contributed by atoms with Crippen LogP contribution in [-0.2, 0) is 0 Å². The fraction of sp³-hybridized carbons (Fsp3) is 0.0714. The van der Waals surface area contributed by atoms with Crippen LogP contribution < -0.4 is 9.80 Å².